The molecule has 0 unspecified atom stereocenters. The van der Waals surface area contributed by atoms with E-state index in [0.717, 1.165) is 0 Å². The molecule has 82 valence electrons. The van der Waals surface area contributed by atoms with Gasteiger partial charge in [0.1, 0.15) is 0 Å². The maximum atomic E-state index is 11.9. The molecule has 1 aromatic heterocycles. The van der Waals surface area contributed by atoms with Crippen molar-refractivity contribution in [2.45, 2.75) is 13.1 Å². The fourth-order valence-electron chi connectivity index (χ4n) is 0.833. The molecule has 1 heterocycles. The van der Waals surface area contributed by atoms with E-state index in [0.29, 0.717) is 5.56 Å². The second kappa shape index (κ2) is 4.06. The zero-order chi connectivity index (χ0) is 11.6. The van der Waals surface area contributed by atoms with E-state index >= 15 is 0 Å². The largest absolute Gasteiger partial charge is 0.471 e. The van der Waals surface area contributed by atoms with Gasteiger partial charge >= 0.3 is 12.1 Å². The van der Waals surface area contributed by atoms with Gasteiger partial charge in [-0.3, -0.25) is 4.79 Å². The van der Waals surface area contributed by atoms with Crippen LogP contribution in [0.2, 0.25) is 5.15 Å². The van der Waals surface area contributed by atoms with E-state index in [4.69, 9.17) is 11.6 Å². The Morgan fingerprint density at radius 3 is 2.67 bits per heavy atom. The lowest BCUT2D eigenvalue weighted by molar-refractivity contribution is -0.167. The Morgan fingerprint density at radius 2 is 2.13 bits per heavy atom. The Kier molecular flexibility index (Phi) is 3.18. The first-order chi connectivity index (χ1) is 6.80. The highest BCUT2D eigenvalue weighted by atomic mass is 35.5. The number of nitrogens with one attached hydrogen (secondary N) is 1. The molecule has 1 N–H and O–H groups in total. The number of anilines is 1. The average molecular weight is 239 g/mol. The van der Waals surface area contributed by atoms with Crippen molar-refractivity contribution < 1.29 is 18.0 Å². The summed E-state index contributed by atoms with van der Waals surface area (Å²) in [5.74, 6) is -2.07. The molecule has 0 atom stereocenters. The van der Waals surface area contributed by atoms with Gasteiger partial charge in [0.2, 0.25) is 0 Å². The molecule has 1 rings (SSSR count). The fourth-order valence-corrected chi connectivity index (χ4v) is 0.984. The zero-order valence-electron chi connectivity index (χ0n) is 7.52. The van der Waals surface area contributed by atoms with Gasteiger partial charge in [-0.1, -0.05) is 11.6 Å². The molecule has 0 aromatic carbocycles. The van der Waals surface area contributed by atoms with Gasteiger partial charge in [-0.25, -0.2) is 4.98 Å². The number of alkyl halides is 3. The molecule has 0 bridgehead atoms. The molecule has 0 aliphatic heterocycles. The summed E-state index contributed by atoms with van der Waals surface area (Å²) in [4.78, 5) is 14.2. The topological polar surface area (TPSA) is 42.0 Å². The van der Waals surface area contributed by atoms with Crippen LogP contribution in [0.15, 0.2) is 12.3 Å². The Labute approximate surface area is 88.3 Å². The molecule has 0 spiro atoms. The molecule has 3 nitrogen and oxygen atoms in total. The number of carbonyl (C=O) groups excluding carboxylic acids is 1. The van der Waals surface area contributed by atoms with Crippen LogP contribution < -0.4 is 5.32 Å². The summed E-state index contributed by atoms with van der Waals surface area (Å²) in [7, 11) is 0. The highest BCUT2D eigenvalue weighted by Gasteiger charge is 2.39. The first-order valence-corrected chi connectivity index (χ1v) is 4.19. The highest BCUT2D eigenvalue weighted by Crippen LogP contribution is 2.23. The summed E-state index contributed by atoms with van der Waals surface area (Å²) in [6.07, 6.45) is -3.56. The first-order valence-electron chi connectivity index (χ1n) is 3.81. The van der Waals surface area contributed by atoms with Crippen molar-refractivity contribution in [3.63, 3.8) is 0 Å². The standard InChI is InChI=1S/C8H6ClF3N2O/c1-4-2-5(6(9)13-3-4)14-7(15)8(10,11)12/h2-3H,1H3,(H,14,15). The van der Waals surface area contributed by atoms with E-state index in [1.807, 2.05) is 0 Å². The smallest absolute Gasteiger partial charge is 0.316 e. The van der Waals surface area contributed by atoms with Crippen molar-refractivity contribution >= 4 is 23.2 Å². The molecule has 0 aliphatic rings. The number of carbonyl (C=O) groups is 1. The van der Waals surface area contributed by atoms with Gasteiger partial charge in [-0.2, -0.15) is 13.2 Å². The minimum atomic E-state index is -4.94. The van der Waals surface area contributed by atoms with E-state index in [1.54, 1.807) is 12.2 Å². The summed E-state index contributed by atoms with van der Waals surface area (Å²) in [6, 6.07) is 1.30. The number of rotatable bonds is 1. The molecule has 7 heteroatoms. The van der Waals surface area contributed by atoms with Gasteiger partial charge in [0.15, 0.2) is 5.15 Å². The predicted octanol–water partition coefficient (Wildman–Crippen LogP) is 2.54. The van der Waals surface area contributed by atoms with Gasteiger partial charge < -0.3 is 5.32 Å². The average Bonchev–Trinajstić information content (AvgIpc) is 2.09. The van der Waals surface area contributed by atoms with Gasteiger partial charge in [0.05, 0.1) is 5.69 Å². The van der Waals surface area contributed by atoms with Crippen LogP contribution in [-0.4, -0.2) is 17.1 Å². The zero-order valence-corrected chi connectivity index (χ0v) is 8.28. The normalized spacial score (nSPS) is 11.3. The Morgan fingerprint density at radius 1 is 1.53 bits per heavy atom. The van der Waals surface area contributed by atoms with Gasteiger partial charge in [0.25, 0.3) is 0 Å². The number of hydrogen-bond acceptors (Lipinski definition) is 2. The quantitative estimate of drug-likeness (QED) is 0.764. The number of pyridine rings is 1. The molecule has 0 saturated carbocycles. The van der Waals surface area contributed by atoms with Crippen molar-refractivity contribution in [3.05, 3.63) is 23.0 Å². The summed E-state index contributed by atoms with van der Waals surface area (Å²) < 4.78 is 35.7. The van der Waals surface area contributed by atoms with Crippen LogP contribution in [0.25, 0.3) is 0 Å². The fraction of sp³-hybridized carbons (Fsp3) is 0.250. The molecular weight excluding hydrogens is 233 g/mol. The minimum absolute atomic E-state index is 0.154. The Bertz CT molecular complexity index is 392. The molecule has 0 saturated heterocycles. The molecule has 0 aliphatic carbocycles. The third-order valence-electron chi connectivity index (χ3n) is 1.48. The van der Waals surface area contributed by atoms with Crippen LogP contribution in [0.5, 0.6) is 0 Å². The van der Waals surface area contributed by atoms with Crippen molar-refractivity contribution in [3.8, 4) is 0 Å². The maximum absolute atomic E-state index is 11.9. The molecule has 1 amide bonds. The lowest BCUT2D eigenvalue weighted by atomic mass is 10.3. The van der Waals surface area contributed by atoms with Crippen molar-refractivity contribution in [1.82, 2.24) is 4.98 Å². The van der Waals surface area contributed by atoms with Crippen LogP contribution in [0.1, 0.15) is 5.56 Å². The highest BCUT2D eigenvalue weighted by molar-refractivity contribution is 6.32. The third kappa shape index (κ3) is 3.09. The summed E-state index contributed by atoms with van der Waals surface area (Å²) in [5, 5.41) is 1.45. The molecule has 15 heavy (non-hydrogen) atoms. The maximum Gasteiger partial charge on any atom is 0.471 e. The predicted molar refractivity (Wildman–Crippen MR) is 48.7 cm³/mol. The summed E-state index contributed by atoms with van der Waals surface area (Å²) in [5.41, 5.74) is 0.441. The molecular formula is C8H6ClF3N2O. The van der Waals surface area contributed by atoms with Gasteiger partial charge in [0, 0.05) is 6.20 Å². The van der Waals surface area contributed by atoms with Crippen LogP contribution in [0.4, 0.5) is 18.9 Å². The Hall–Kier alpha value is -1.30. The first kappa shape index (κ1) is 11.8. The summed E-state index contributed by atoms with van der Waals surface area (Å²) in [6.45, 7) is 1.62. The number of amides is 1. The number of halogens is 4. The van der Waals surface area contributed by atoms with E-state index in [-0.39, 0.29) is 10.8 Å². The second-order valence-corrected chi connectivity index (χ2v) is 3.16. The van der Waals surface area contributed by atoms with Crippen LogP contribution in [-0.2, 0) is 4.79 Å². The third-order valence-corrected chi connectivity index (χ3v) is 1.78. The van der Waals surface area contributed by atoms with Crippen molar-refractivity contribution in [1.29, 1.82) is 0 Å². The minimum Gasteiger partial charge on any atom is -0.316 e. The number of aromatic nitrogens is 1. The van der Waals surface area contributed by atoms with E-state index < -0.39 is 12.1 Å². The SMILES string of the molecule is Cc1cnc(Cl)c(NC(=O)C(F)(F)F)c1. The van der Waals surface area contributed by atoms with E-state index in [1.165, 1.54) is 12.3 Å². The molecule has 0 fully saturated rings. The van der Waals surface area contributed by atoms with Crippen LogP contribution in [0.3, 0.4) is 0 Å². The van der Waals surface area contributed by atoms with Crippen LogP contribution >= 0.6 is 11.6 Å². The molecule has 0 radical (unpaired) electrons. The van der Waals surface area contributed by atoms with E-state index in [2.05, 4.69) is 4.98 Å². The number of nitrogens with zero attached hydrogens (tertiary/aromatic N) is 1. The van der Waals surface area contributed by atoms with E-state index in [9.17, 15) is 18.0 Å². The lowest BCUT2D eigenvalue weighted by Gasteiger charge is -2.09. The van der Waals surface area contributed by atoms with Crippen molar-refractivity contribution in [2.75, 3.05) is 5.32 Å². The van der Waals surface area contributed by atoms with Crippen LogP contribution in [0, 0.1) is 6.92 Å². The second-order valence-electron chi connectivity index (χ2n) is 2.80. The monoisotopic (exact) mass is 238 g/mol. The number of aryl methyl sites for hydroxylation is 1. The van der Waals surface area contributed by atoms with Gasteiger partial charge in [-0.15, -0.1) is 0 Å². The summed E-state index contributed by atoms with van der Waals surface area (Å²) >= 11 is 5.50. The molecule has 1 aromatic rings. The van der Waals surface area contributed by atoms with Crippen molar-refractivity contribution in [2.24, 2.45) is 0 Å². The van der Waals surface area contributed by atoms with Gasteiger partial charge in [-0.05, 0) is 18.6 Å². The Balaban J connectivity index is 2.90. The number of hydrogen-bond donors (Lipinski definition) is 1. The lowest BCUT2D eigenvalue weighted by Crippen LogP contribution is -2.30.